The highest BCUT2D eigenvalue weighted by atomic mass is 16.5. The van der Waals surface area contributed by atoms with Crippen LogP contribution in [0, 0.1) is 5.92 Å². The van der Waals surface area contributed by atoms with E-state index in [-0.39, 0.29) is 0 Å². The van der Waals surface area contributed by atoms with Crippen molar-refractivity contribution in [3.63, 3.8) is 0 Å². The minimum absolute atomic E-state index is 0.702. The van der Waals surface area contributed by atoms with Crippen LogP contribution in [0.5, 0.6) is 0 Å². The van der Waals surface area contributed by atoms with E-state index >= 15 is 0 Å². The molecule has 0 saturated carbocycles. The fourth-order valence-corrected chi connectivity index (χ4v) is 1.01. The maximum absolute atomic E-state index is 5.04. The average Bonchev–Trinajstić information content (AvgIpc) is 1.80. The van der Waals surface area contributed by atoms with Crippen molar-refractivity contribution >= 4 is 6.21 Å². The van der Waals surface area contributed by atoms with E-state index in [1.165, 1.54) is 0 Å². The molecule has 3 nitrogen and oxygen atoms in total. The molecule has 0 atom stereocenters. The van der Waals surface area contributed by atoms with E-state index < -0.39 is 0 Å². The summed E-state index contributed by atoms with van der Waals surface area (Å²) >= 11 is 0. The second-order valence-electron chi connectivity index (χ2n) is 2.62. The van der Waals surface area contributed by atoms with Crippen LogP contribution in [0.4, 0.5) is 0 Å². The quantitative estimate of drug-likeness (QED) is 0.425. The van der Waals surface area contributed by atoms with E-state index in [4.69, 9.17) is 4.74 Å². The molecule has 0 unspecified atom stereocenters. The van der Waals surface area contributed by atoms with Gasteiger partial charge in [-0.25, -0.2) is 0 Å². The number of nitrogens with zero attached hydrogens (tertiary/aromatic N) is 2. The van der Waals surface area contributed by atoms with E-state index in [2.05, 4.69) is 5.10 Å². The molecular formula is C7H14N2O. The van der Waals surface area contributed by atoms with Crippen LogP contribution in [0.25, 0.3) is 0 Å². The van der Waals surface area contributed by atoms with Gasteiger partial charge in [-0.3, -0.25) is 5.01 Å². The number of hydrazone groups is 1. The standard InChI is InChI=1S/C7H14N2O/c1-3-8-9(2)4-7-5-10-6-7/h3,7H,4-6H2,1-2H3/b8-3-. The Bertz CT molecular complexity index is 121. The van der Waals surface area contributed by atoms with Gasteiger partial charge < -0.3 is 4.74 Å². The van der Waals surface area contributed by atoms with Crippen molar-refractivity contribution in [2.24, 2.45) is 11.0 Å². The van der Waals surface area contributed by atoms with Crippen LogP contribution >= 0.6 is 0 Å². The Hall–Kier alpha value is -0.570. The van der Waals surface area contributed by atoms with Gasteiger partial charge in [-0.15, -0.1) is 0 Å². The summed E-state index contributed by atoms with van der Waals surface area (Å²) in [6.07, 6.45) is 1.81. The van der Waals surface area contributed by atoms with E-state index in [1.807, 2.05) is 19.0 Å². The second kappa shape index (κ2) is 3.56. The zero-order valence-electron chi connectivity index (χ0n) is 6.58. The monoisotopic (exact) mass is 142 g/mol. The zero-order valence-corrected chi connectivity index (χ0v) is 6.58. The lowest BCUT2D eigenvalue weighted by Crippen LogP contribution is -2.35. The van der Waals surface area contributed by atoms with Crippen molar-refractivity contribution in [2.45, 2.75) is 6.92 Å². The van der Waals surface area contributed by atoms with E-state index in [0.717, 1.165) is 19.8 Å². The molecule has 1 heterocycles. The molecule has 1 rings (SSSR count). The largest absolute Gasteiger partial charge is 0.381 e. The van der Waals surface area contributed by atoms with Gasteiger partial charge in [0, 0.05) is 25.7 Å². The number of rotatable bonds is 3. The van der Waals surface area contributed by atoms with Crippen LogP contribution in [-0.2, 0) is 4.74 Å². The molecule has 3 heteroatoms. The molecule has 1 aliphatic rings. The predicted molar refractivity (Wildman–Crippen MR) is 41.1 cm³/mol. The Kier molecular flexibility index (Phi) is 2.68. The van der Waals surface area contributed by atoms with Gasteiger partial charge in [-0.1, -0.05) is 0 Å². The molecule has 1 saturated heterocycles. The third-order valence-electron chi connectivity index (χ3n) is 1.54. The SMILES string of the molecule is C/C=N\N(C)CC1COC1. The number of hydrogen-bond donors (Lipinski definition) is 0. The van der Waals surface area contributed by atoms with E-state index in [1.54, 1.807) is 6.21 Å². The molecule has 0 amide bonds. The smallest absolute Gasteiger partial charge is 0.0534 e. The Morgan fingerprint density at radius 2 is 2.40 bits per heavy atom. The van der Waals surface area contributed by atoms with Gasteiger partial charge in [0.1, 0.15) is 0 Å². The van der Waals surface area contributed by atoms with Crippen LogP contribution in [0.2, 0.25) is 0 Å². The third kappa shape index (κ3) is 1.99. The van der Waals surface area contributed by atoms with Gasteiger partial charge >= 0.3 is 0 Å². The van der Waals surface area contributed by atoms with Crippen molar-refractivity contribution in [3.8, 4) is 0 Å². The molecular weight excluding hydrogens is 128 g/mol. The average molecular weight is 142 g/mol. The molecule has 0 aromatic carbocycles. The highest BCUT2D eigenvalue weighted by Crippen LogP contribution is 2.10. The molecule has 0 bridgehead atoms. The van der Waals surface area contributed by atoms with Gasteiger partial charge in [0.05, 0.1) is 13.2 Å². The first-order chi connectivity index (χ1) is 4.83. The molecule has 0 spiro atoms. The van der Waals surface area contributed by atoms with E-state index in [9.17, 15) is 0 Å². The zero-order chi connectivity index (χ0) is 7.40. The molecule has 0 radical (unpaired) electrons. The van der Waals surface area contributed by atoms with Crippen molar-refractivity contribution < 1.29 is 4.74 Å². The topological polar surface area (TPSA) is 24.8 Å². The van der Waals surface area contributed by atoms with Gasteiger partial charge in [-0.2, -0.15) is 5.10 Å². The lowest BCUT2D eigenvalue weighted by Gasteiger charge is -2.28. The molecule has 1 fully saturated rings. The lowest BCUT2D eigenvalue weighted by atomic mass is 10.1. The second-order valence-corrected chi connectivity index (χ2v) is 2.62. The Labute approximate surface area is 61.7 Å². The van der Waals surface area contributed by atoms with Crippen LogP contribution in [0.1, 0.15) is 6.92 Å². The lowest BCUT2D eigenvalue weighted by molar-refractivity contribution is -0.0434. The van der Waals surface area contributed by atoms with Gasteiger partial charge in [0.25, 0.3) is 0 Å². The Morgan fingerprint density at radius 3 is 2.80 bits per heavy atom. The highest BCUT2D eigenvalue weighted by Gasteiger charge is 2.19. The van der Waals surface area contributed by atoms with Gasteiger partial charge in [-0.05, 0) is 6.92 Å². The van der Waals surface area contributed by atoms with Crippen molar-refractivity contribution in [1.29, 1.82) is 0 Å². The van der Waals surface area contributed by atoms with Crippen LogP contribution in [0.15, 0.2) is 5.10 Å². The fraction of sp³-hybridized carbons (Fsp3) is 0.857. The molecule has 1 aliphatic heterocycles. The Morgan fingerprint density at radius 1 is 1.70 bits per heavy atom. The van der Waals surface area contributed by atoms with Gasteiger partial charge in [0.15, 0.2) is 0 Å². The minimum Gasteiger partial charge on any atom is -0.381 e. The predicted octanol–water partition coefficient (Wildman–Crippen LogP) is 0.570. The summed E-state index contributed by atoms with van der Waals surface area (Å²) in [5, 5.41) is 6.05. The molecule has 0 aliphatic carbocycles. The highest BCUT2D eigenvalue weighted by molar-refractivity contribution is 5.52. The van der Waals surface area contributed by atoms with Gasteiger partial charge in [0.2, 0.25) is 0 Å². The normalized spacial score (nSPS) is 19.4. The minimum atomic E-state index is 0.702. The maximum Gasteiger partial charge on any atom is 0.0534 e. The summed E-state index contributed by atoms with van der Waals surface area (Å²) in [5.41, 5.74) is 0. The summed E-state index contributed by atoms with van der Waals surface area (Å²) in [6.45, 7) is 4.76. The Balaban J connectivity index is 2.10. The molecule has 0 aromatic heterocycles. The molecule has 10 heavy (non-hydrogen) atoms. The number of hydrogen-bond acceptors (Lipinski definition) is 3. The van der Waals surface area contributed by atoms with Crippen LogP contribution in [-0.4, -0.2) is 38.0 Å². The van der Waals surface area contributed by atoms with Crippen molar-refractivity contribution in [3.05, 3.63) is 0 Å². The van der Waals surface area contributed by atoms with Crippen LogP contribution in [0.3, 0.4) is 0 Å². The first kappa shape index (κ1) is 7.54. The molecule has 0 aromatic rings. The summed E-state index contributed by atoms with van der Waals surface area (Å²) in [4.78, 5) is 0. The molecule has 0 N–H and O–H groups in total. The van der Waals surface area contributed by atoms with Crippen molar-refractivity contribution in [2.75, 3.05) is 26.8 Å². The summed E-state index contributed by atoms with van der Waals surface area (Å²) < 4.78 is 5.04. The third-order valence-corrected chi connectivity index (χ3v) is 1.54. The summed E-state index contributed by atoms with van der Waals surface area (Å²) in [6, 6.07) is 0. The number of ether oxygens (including phenoxy) is 1. The first-order valence-electron chi connectivity index (χ1n) is 3.60. The summed E-state index contributed by atoms with van der Waals surface area (Å²) in [5.74, 6) is 0.702. The summed E-state index contributed by atoms with van der Waals surface area (Å²) in [7, 11) is 1.98. The fourth-order valence-electron chi connectivity index (χ4n) is 1.01. The van der Waals surface area contributed by atoms with Crippen molar-refractivity contribution in [1.82, 2.24) is 5.01 Å². The van der Waals surface area contributed by atoms with E-state index in [0.29, 0.717) is 5.92 Å². The van der Waals surface area contributed by atoms with Crippen LogP contribution < -0.4 is 0 Å². The maximum atomic E-state index is 5.04. The molecule has 58 valence electrons. The first-order valence-corrected chi connectivity index (χ1v) is 3.60.